The van der Waals surface area contributed by atoms with Crippen molar-refractivity contribution in [3.05, 3.63) is 0 Å². The molecule has 0 fully saturated rings. The number of hydrogen-bond donors (Lipinski definition) is 0. The summed E-state index contributed by atoms with van der Waals surface area (Å²) in [5.74, 6) is 0. The molecule has 0 aliphatic heterocycles. The third-order valence-corrected chi connectivity index (χ3v) is 0.742. The molecule has 0 saturated carbocycles. The van der Waals surface area contributed by atoms with Gasteiger partial charge in [-0.1, -0.05) is 0 Å². The fraction of sp³-hybridized carbons (Fsp3) is 1.00. The van der Waals surface area contributed by atoms with Gasteiger partial charge in [0, 0.05) is 0 Å². The fourth-order valence-electron chi connectivity index (χ4n) is 0. The monoisotopic (exact) mass is 114 g/mol. The predicted molar refractivity (Wildman–Crippen MR) is 17.6 cm³/mol. The summed E-state index contributed by atoms with van der Waals surface area (Å²) in [6.07, 6.45) is 0. The van der Waals surface area contributed by atoms with E-state index >= 15 is 0 Å². The Hall–Kier alpha value is 0.367. The molecule has 5 heavy (non-hydrogen) atoms. The van der Waals surface area contributed by atoms with E-state index in [0.29, 0.717) is 0 Å². The maximum atomic E-state index is 10.6. The van der Waals surface area contributed by atoms with Crippen LogP contribution in [0.1, 0.15) is 0 Å². The van der Waals surface area contributed by atoms with Crippen LogP contribution in [-0.2, 0) is 0 Å². The topological polar surface area (TPSA) is 0 Å². The summed E-state index contributed by atoms with van der Waals surface area (Å²) in [4.78, 5) is 0. The lowest BCUT2D eigenvalue weighted by molar-refractivity contribution is 0.241. The maximum absolute atomic E-state index is 10.6. The first-order chi connectivity index (χ1) is 2.27. The van der Waals surface area contributed by atoms with Crippen LogP contribution in [0.5, 0.6) is 0 Å². The second kappa shape index (κ2) is 2.60. The molecule has 0 amide bonds. The van der Waals surface area contributed by atoms with Gasteiger partial charge in [-0.25, -0.2) is 8.78 Å². The minimum atomic E-state index is -2.32. The van der Waals surface area contributed by atoms with Crippen molar-refractivity contribution in [3.8, 4) is 0 Å². The molecule has 0 aliphatic rings. The Morgan fingerprint density at radius 1 is 1.60 bits per heavy atom. The number of hydrogen-bond acceptors (Lipinski definition) is 0. The SMILES string of the molecule is FC(F)[Si]Cl. The van der Waals surface area contributed by atoms with Crippen molar-refractivity contribution in [2.45, 2.75) is 6.05 Å². The lowest BCUT2D eigenvalue weighted by Gasteiger charge is -1.77. The molecule has 4 heteroatoms. The fourth-order valence-corrected chi connectivity index (χ4v) is 0. The molecule has 0 unspecified atom stereocenters. The Kier molecular flexibility index (Phi) is 2.79. The molecule has 0 N–H and O–H groups in total. The highest BCUT2D eigenvalue weighted by molar-refractivity contribution is 6.94. The smallest absolute Gasteiger partial charge is 0.214 e. The third-order valence-electron chi connectivity index (χ3n) is 0.0825. The molecule has 0 heterocycles. The van der Waals surface area contributed by atoms with Crippen LogP contribution in [-0.4, -0.2) is 14.9 Å². The normalized spacial score (nSPS) is 9.60. The van der Waals surface area contributed by atoms with E-state index in [9.17, 15) is 8.78 Å². The number of halogens is 3. The van der Waals surface area contributed by atoms with Gasteiger partial charge in [0.1, 0.15) is 0 Å². The Bertz CT molecular complexity index is 23.6. The maximum Gasteiger partial charge on any atom is 0.258 e. The minimum absolute atomic E-state index is 0.747. The summed E-state index contributed by atoms with van der Waals surface area (Å²) in [5.41, 5.74) is 0. The van der Waals surface area contributed by atoms with E-state index in [4.69, 9.17) is 0 Å². The second-order valence-electron chi connectivity index (χ2n) is 0.410. The van der Waals surface area contributed by atoms with E-state index in [0.717, 1.165) is 0 Å². The van der Waals surface area contributed by atoms with Gasteiger partial charge in [-0.3, -0.25) is 0 Å². The summed E-state index contributed by atoms with van der Waals surface area (Å²) < 4.78 is 21.3. The summed E-state index contributed by atoms with van der Waals surface area (Å²) in [6, 6.07) is -2.32. The Morgan fingerprint density at radius 3 is 1.80 bits per heavy atom. The Labute approximate surface area is 35.7 Å². The predicted octanol–water partition coefficient (Wildman–Crippen LogP) is 1.07. The van der Waals surface area contributed by atoms with E-state index in [1.165, 1.54) is 0 Å². The van der Waals surface area contributed by atoms with Crippen molar-refractivity contribution in [2.24, 2.45) is 0 Å². The Morgan fingerprint density at radius 2 is 1.80 bits per heavy atom. The van der Waals surface area contributed by atoms with Crippen molar-refractivity contribution >= 4 is 19.9 Å². The molecule has 0 bridgehead atoms. The van der Waals surface area contributed by atoms with Gasteiger partial charge in [0.2, 0.25) is 6.05 Å². The zero-order valence-electron chi connectivity index (χ0n) is 2.21. The molecule has 0 spiro atoms. The quantitative estimate of drug-likeness (QED) is 0.353. The molecule has 0 nitrogen and oxygen atoms in total. The van der Waals surface area contributed by atoms with Crippen LogP contribution < -0.4 is 0 Å². The summed E-state index contributed by atoms with van der Waals surface area (Å²) in [6.45, 7) is 0. The van der Waals surface area contributed by atoms with Gasteiger partial charge in [0.05, 0.1) is 0 Å². The van der Waals surface area contributed by atoms with Crippen LogP contribution in [0.25, 0.3) is 0 Å². The van der Waals surface area contributed by atoms with Crippen LogP contribution >= 0.6 is 11.1 Å². The molecule has 2 radical (unpaired) electrons. The van der Waals surface area contributed by atoms with Gasteiger partial charge in [-0.2, -0.15) is 11.1 Å². The highest BCUT2D eigenvalue weighted by Crippen LogP contribution is 1.88. The van der Waals surface area contributed by atoms with Gasteiger partial charge in [-0.15, -0.1) is 0 Å². The molecule has 0 aromatic heterocycles. The van der Waals surface area contributed by atoms with Gasteiger partial charge in [0.15, 0.2) is 0 Å². The molecule has 0 aliphatic carbocycles. The minimum Gasteiger partial charge on any atom is -0.214 e. The lowest BCUT2D eigenvalue weighted by Crippen LogP contribution is -1.92. The molecule has 30 valence electrons. The third kappa shape index (κ3) is 4.37. The summed E-state index contributed by atoms with van der Waals surface area (Å²) >= 11 is 4.61. The van der Waals surface area contributed by atoms with Crippen LogP contribution in [0, 0.1) is 0 Å². The molecule has 0 aromatic rings. The summed E-state index contributed by atoms with van der Waals surface area (Å²) in [7, 11) is -0.747. The van der Waals surface area contributed by atoms with Gasteiger partial charge >= 0.3 is 0 Å². The highest BCUT2D eigenvalue weighted by atomic mass is 35.6. The van der Waals surface area contributed by atoms with Gasteiger partial charge in [-0.05, 0) is 0 Å². The summed E-state index contributed by atoms with van der Waals surface area (Å²) in [5, 5.41) is 0. The first kappa shape index (κ1) is 5.37. The van der Waals surface area contributed by atoms with E-state index in [1.54, 1.807) is 0 Å². The molecule has 0 rings (SSSR count). The van der Waals surface area contributed by atoms with Crippen molar-refractivity contribution in [2.75, 3.05) is 0 Å². The number of rotatable bonds is 1. The standard InChI is InChI=1S/CHClF2Si/c2-5-1(3)4/h1H. The first-order valence-corrected chi connectivity index (χ1v) is 3.00. The van der Waals surface area contributed by atoms with Crippen molar-refractivity contribution in [1.29, 1.82) is 0 Å². The molecular weight excluding hydrogens is 114 g/mol. The van der Waals surface area contributed by atoms with Gasteiger partial charge in [0.25, 0.3) is 8.83 Å². The molecule has 0 aromatic carbocycles. The average Bonchev–Trinajstić information content (AvgIpc) is 1.38. The largest absolute Gasteiger partial charge is 0.258 e. The zero-order valence-corrected chi connectivity index (χ0v) is 3.97. The van der Waals surface area contributed by atoms with E-state index in [2.05, 4.69) is 11.1 Å². The van der Waals surface area contributed by atoms with Crippen molar-refractivity contribution in [3.63, 3.8) is 0 Å². The van der Waals surface area contributed by atoms with Crippen LogP contribution in [0.15, 0.2) is 0 Å². The van der Waals surface area contributed by atoms with Gasteiger partial charge < -0.3 is 0 Å². The highest BCUT2D eigenvalue weighted by Gasteiger charge is 1.96. The van der Waals surface area contributed by atoms with Crippen LogP contribution in [0.3, 0.4) is 0 Å². The van der Waals surface area contributed by atoms with E-state index in [1.807, 2.05) is 0 Å². The van der Waals surface area contributed by atoms with E-state index < -0.39 is 14.9 Å². The lowest BCUT2D eigenvalue weighted by atomic mass is 11.7. The zero-order chi connectivity index (χ0) is 4.28. The molecular formula is CHClF2Si. The second-order valence-corrected chi connectivity index (χ2v) is 1.72. The van der Waals surface area contributed by atoms with Crippen molar-refractivity contribution in [1.82, 2.24) is 0 Å². The van der Waals surface area contributed by atoms with Crippen molar-refractivity contribution < 1.29 is 8.78 Å². The average molecular weight is 115 g/mol. The van der Waals surface area contributed by atoms with E-state index in [-0.39, 0.29) is 0 Å². The Balaban J connectivity index is 2.54. The molecule has 0 saturated heterocycles. The molecule has 0 atom stereocenters. The number of alkyl halides is 2. The first-order valence-electron chi connectivity index (χ1n) is 0.914. The van der Waals surface area contributed by atoms with Crippen LogP contribution in [0.4, 0.5) is 8.78 Å². The van der Waals surface area contributed by atoms with Crippen LogP contribution in [0.2, 0.25) is 0 Å².